The smallest absolute Gasteiger partial charge is 0.414 e. The number of rotatable bonds is 3. The van der Waals surface area contributed by atoms with Crippen molar-refractivity contribution in [2.75, 3.05) is 24.6 Å². The van der Waals surface area contributed by atoms with Crippen molar-refractivity contribution in [3.05, 3.63) is 59.6 Å². The quantitative estimate of drug-likeness (QED) is 0.808. The maximum atomic E-state index is 12.4. The van der Waals surface area contributed by atoms with Crippen LogP contribution in [0.3, 0.4) is 0 Å². The number of hydrogen-bond acceptors (Lipinski definition) is 4. The average molecular weight is 338 g/mol. The highest BCUT2D eigenvalue weighted by Crippen LogP contribution is 2.30. The fourth-order valence-corrected chi connectivity index (χ4v) is 3.29. The summed E-state index contributed by atoms with van der Waals surface area (Å²) in [6.45, 7) is 2.15. The summed E-state index contributed by atoms with van der Waals surface area (Å²) in [6, 6.07) is 9.46. The molecular weight excluding hydrogens is 320 g/mol. The molecule has 0 N–H and O–H groups in total. The summed E-state index contributed by atoms with van der Waals surface area (Å²) in [7, 11) is 0. The van der Waals surface area contributed by atoms with E-state index < -0.39 is 0 Å². The topological polar surface area (TPSA) is 63.0 Å². The van der Waals surface area contributed by atoms with Crippen LogP contribution < -0.4 is 4.90 Å². The molecule has 0 bridgehead atoms. The molecule has 2 aliphatic rings. The van der Waals surface area contributed by atoms with Crippen LogP contribution in [0.2, 0.25) is 0 Å². The molecule has 0 unspecified atom stereocenters. The first-order valence-electron chi connectivity index (χ1n) is 8.28. The number of amides is 2. The second kappa shape index (κ2) is 6.47. The molecule has 1 aromatic heterocycles. The molecule has 25 heavy (non-hydrogen) atoms. The summed E-state index contributed by atoms with van der Waals surface area (Å²) in [5.74, 6) is 0.605. The number of carbonyl (C=O) groups is 2. The summed E-state index contributed by atoms with van der Waals surface area (Å²) < 4.78 is 10.2. The van der Waals surface area contributed by atoms with Crippen LogP contribution in [0.5, 0.6) is 0 Å². The first kappa shape index (κ1) is 15.5. The van der Waals surface area contributed by atoms with Gasteiger partial charge in [-0.25, -0.2) is 4.79 Å². The highest BCUT2D eigenvalue weighted by Gasteiger charge is 2.29. The molecule has 0 aliphatic carbocycles. The third-order valence-electron chi connectivity index (χ3n) is 4.54. The van der Waals surface area contributed by atoms with Crippen molar-refractivity contribution in [2.24, 2.45) is 0 Å². The number of ether oxygens (including phenoxy) is 1. The van der Waals surface area contributed by atoms with Gasteiger partial charge in [0.25, 0.3) is 0 Å². The van der Waals surface area contributed by atoms with E-state index >= 15 is 0 Å². The third-order valence-corrected chi connectivity index (χ3v) is 4.54. The Kier molecular flexibility index (Phi) is 4.01. The van der Waals surface area contributed by atoms with Crippen LogP contribution in [0.1, 0.15) is 16.9 Å². The van der Waals surface area contributed by atoms with Gasteiger partial charge in [-0.05, 0) is 41.8 Å². The van der Waals surface area contributed by atoms with Crippen molar-refractivity contribution in [1.29, 1.82) is 0 Å². The van der Waals surface area contributed by atoms with Gasteiger partial charge in [0, 0.05) is 19.2 Å². The predicted octanol–water partition coefficient (Wildman–Crippen LogP) is 2.83. The molecule has 2 aliphatic heterocycles. The molecule has 0 atom stereocenters. The highest BCUT2D eigenvalue weighted by atomic mass is 16.6. The van der Waals surface area contributed by atoms with E-state index in [2.05, 4.69) is 0 Å². The van der Waals surface area contributed by atoms with Gasteiger partial charge in [0.05, 0.1) is 18.5 Å². The van der Waals surface area contributed by atoms with Crippen molar-refractivity contribution >= 4 is 23.8 Å². The number of cyclic esters (lactones) is 1. The predicted molar refractivity (Wildman–Crippen MR) is 92.0 cm³/mol. The van der Waals surface area contributed by atoms with Crippen molar-refractivity contribution in [3.8, 4) is 0 Å². The Bertz CT molecular complexity index is 826. The molecule has 0 saturated carbocycles. The SMILES string of the molecule is O=C(C=Cc1ccco1)N1CCc2c(cccc2N2CCOC2=O)C1. The van der Waals surface area contributed by atoms with Gasteiger partial charge in [-0.2, -0.15) is 0 Å². The summed E-state index contributed by atoms with van der Waals surface area (Å²) in [4.78, 5) is 27.7. The minimum atomic E-state index is -0.298. The highest BCUT2D eigenvalue weighted by molar-refractivity contribution is 5.92. The first-order chi connectivity index (χ1) is 12.2. The van der Waals surface area contributed by atoms with Crippen LogP contribution in [0.4, 0.5) is 10.5 Å². The van der Waals surface area contributed by atoms with Crippen LogP contribution in [0.15, 0.2) is 47.1 Å². The van der Waals surface area contributed by atoms with Crippen LogP contribution in [-0.4, -0.2) is 36.6 Å². The first-order valence-corrected chi connectivity index (χ1v) is 8.28. The summed E-state index contributed by atoms with van der Waals surface area (Å²) >= 11 is 0. The molecule has 1 fully saturated rings. The zero-order valence-electron chi connectivity index (χ0n) is 13.7. The molecular formula is C19H18N2O4. The lowest BCUT2D eigenvalue weighted by molar-refractivity contribution is -0.126. The van der Waals surface area contributed by atoms with Gasteiger partial charge in [-0.15, -0.1) is 0 Å². The number of anilines is 1. The van der Waals surface area contributed by atoms with Gasteiger partial charge < -0.3 is 14.1 Å². The van der Waals surface area contributed by atoms with E-state index in [-0.39, 0.29) is 12.0 Å². The van der Waals surface area contributed by atoms with Gasteiger partial charge in [0.1, 0.15) is 12.4 Å². The fourth-order valence-electron chi connectivity index (χ4n) is 3.29. The number of carbonyl (C=O) groups excluding carboxylic acids is 2. The minimum Gasteiger partial charge on any atom is -0.465 e. The Morgan fingerprint density at radius 3 is 2.84 bits per heavy atom. The molecule has 2 aromatic rings. The zero-order valence-corrected chi connectivity index (χ0v) is 13.7. The monoisotopic (exact) mass is 338 g/mol. The standard InChI is InChI=1S/C19H18N2O4/c22-18(7-6-15-4-2-11-24-15)20-9-8-16-14(13-20)3-1-5-17(16)21-10-12-25-19(21)23/h1-7,11H,8-10,12-13H2. The Balaban J connectivity index is 1.52. The lowest BCUT2D eigenvalue weighted by atomic mass is 9.97. The van der Waals surface area contributed by atoms with E-state index in [0.717, 1.165) is 23.2 Å². The van der Waals surface area contributed by atoms with Gasteiger partial charge in [0.15, 0.2) is 0 Å². The number of hydrogen-bond donors (Lipinski definition) is 0. The molecule has 0 spiro atoms. The van der Waals surface area contributed by atoms with E-state index in [4.69, 9.17) is 9.15 Å². The third kappa shape index (κ3) is 3.03. The van der Waals surface area contributed by atoms with Crippen LogP contribution in [0, 0.1) is 0 Å². The lowest BCUT2D eigenvalue weighted by Gasteiger charge is -2.30. The normalized spacial score (nSPS) is 17.0. The lowest BCUT2D eigenvalue weighted by Crippen LogP contribution is -2.36. The van der Waals surface area contributed by atoms with Crippen molar-refractivity contribution < 1.29 is 18.7 Å². The van der Waals surface area contributed by atoms with E-state index in [1.165, 1.54) is 6.08 Å². The molecule has 4 rings (SSSR count). The Morgan fingerprint density at radius 1 is 1.16 bits per heavy atom. The van der Waals surface area contributed by atoms with Crippen LogP contribution in [0.25, 0.3) is 6.08 Å². The largest absolute Gasteiger partial charge is 0.465 e. The molecule has 3 heterocycles. The summed E-state index contributed by atoms with van der Waals surface area (Å²) in [5.41, 5.74) is 3.10. The average Bonchev–Trinajstić information content (AvgIpc) is 3.30. The van der Waals surface area contributed by atoms with Crippen molar-refractivity contribution in [2.45, 2.75) is 13.0 Å². The van der Waals surface area contributed by atoms with Crippen LogP contribution in [-0.2, 0) is 22.5 Å². The fraction of sp³-hybridized carbons (Fsp3) is 0.263. The van der Waals surface area contributed by atoms with Gasteiger partial charge >= 0.3 is 6.09 Å². The maximum Gasteiger partial charge on any atom is 0.414 e. The maximum absolute atomic E-state index is 12.4. The summed E-state index contributed by atoms with van der Waals surface area (Å²) in [6.07, 6.45) is 5.20. The molecule has 6 nitrogen and oxygen atoms in total. The number of furan rings is 1. The number of benzene rings is 1. The second-order valence-electron chi connectivity index (χ2n) is 6.04. The molecule has 6 heteroatoms. The van der Waals surface area contributed by atoms with Crippen molar-refractivity contribution in [1.82, 2.24) is 4.90 Å². The number of nitrogens with zero attached hydrogens (tertiary/aromatic N) is 2. The van der Waals surface area contributed by atoms with E-state index in [0.29, 0.717) is 32.0 Å². The molecule has 1 aromatic carbocycles. The van der Waals surface area contributed by atoms with E-state index in [1.54, 1.807) is 34.3 Å². The Morgan fingerprint density at radius 2 is 2.08 bits per heavy atom. The number of fused-ring (bicyclic) bond motifs is 1. The van der Waals surface area contributed by atoms with Gasteiger partial charge in [-0.1, -0.05) is 12.1 Å². The zero-order chi connectivity index (χ0) is 17.2. The van der Waals surface area contributed by atoms with Crippen LogP contribution >= 0.6 is 0 Å². The Hall–Kier alpha value is -3.02. The summed E-state index contributed by atoms with van der Waals surface area (Å²) in [5, 5.41) is 0. The van der Waals surface area contributed by atoms with E-state index in [9.17, 15) is 9.59 Å². The molecule has 0 radical (unpaired) electrons. The molecule has 128 valence electrons. The van der Waals surface area contributed by atoms with E-state index in [1.807, 2.05) is 18.2 Å². The Labute approximate surface area is 145 Å². The minimum absolute atomic E-state index is 0.0481. The second-order valence-corrected chi connectivity index (χ2v) is 6.04. The van der Waals surface area contributed by atoms with Gasteiger partial charge in [0.2, 0.25) is 5.91 Å². The molecule has 1 saturated heterocycles. The van der Waals surface area contributed by atoms with Gasteiger partial charge in [-0.3, -0.25) is 9.69 Å². The molecule has 2 amide bonds. The van der Waals surface area contributed by atoms with Crippen molar-refractivity contribution in [3.63, 3.8) is 0 Å².